The fraction of sp³-hybridized carbons (Fsp3) is 0.545. The highest BCUT2D eigenvalue weighted by Crippen LogP contribution is 2.41. The third-order valence-electron chi connectivity index (χ3n) is 6.44. The highest BCUT2D eigenvalue weighted by atomic mass is 127. The van der Waals surface area contributed by atoms with Gasteiger partial charge >= 0.3 is 5.97 Å². The smallest absolute Gasteiger partial charge is 0.323 e. The van der Waals surface area contributed by atoms with Gasteiger partial charge in [-0.25, -0.2) is 17.2 Å². The molecule has 3 atom stereocenters. The normalized spacial score (nSPS) is 20.8. The molecule has 0 aromatic heterocycles. The topological polar surface area (TPSA) is 101 Å². The van der Waals surface area contributed by atoms with Crippen molar-refractivity contribution in [1.82, 2.24) is 4.90 Å². The molecule has 1 heterocycles. The molecule has 190 valence electrons. The molecule has 34 heavy (non-hydrogen) atoms. The van der Waals surface area contributed by atoms with E-state index in [-0.39, 0.29) is 20.3 Å². The number of carbonyl (C=O) groups excluding carboxylic acids is 1. The van der Waals surface area contributed by atoms with Crippen LogP contribution in [0.4, 0.5) is 8.78 Å². The first-order valence-corrected chi connectivity index (χ1v) is 16.1. The number of rotatable bonds is 9. The number of hydrogen-bond acceptors (Lipinski definition) is 5. The minimum Gasteiger partial charge on any atom is -0.480 e. The van der Waals surface area contributed by atoms with Crippen molar-refractivity contribution < 1.29 is 36.3 Å². The maximum Gasteiger partial charge on any atom is 0.323 e. The molecule has 1 aliphatic rings. The zero-order chi connectivity index (χ0) is 26.2. The lowest BCUT2D eigenvalue weighted by molar-refractivity contribution is -0.168. The fourth-order valence-corrected chi connectivity index (χ4v) is 7.08. The molecule has 1 fully saturated rings. The molecule has 0 spiro atoms. The summed E-state index contributed by atoms with van der Waals surface area (Å²) in [7, 11) is -6.47. The Bertz CT molecular complexity index is 1100. The molecule has 3 unspecified atom stereocenters. The van der Waals surface area contributed by atoms with Crippen molar-refractivity contribution in [2.24, 2.45) is 5.92 Å². The number of likely N-dealkylation sites (tertiary alicyclic amines) is 1. The molecule has 0 aliphatic carbocycles. The van der Waals surface area contributed by atoms with Crippen molar-refractivity contribution in [3.05, 3.63) is 38.8 Å². The van der Waals surface area contributed by atoms with Gasteiger partial charge in [0.1, 0.15) is 26.0 Å². The van der Waals surface area contributed by atoms with Crippen LogP contribution >= 0.6 is 22.6 Å². The molecule has 2 rings (SSSR count). The van der Waals surface area contributed by atoms with Gasteiger partial charge in [-0.2, -0.15) is 0 Å². The quantitative estimate of drug-likeness (QED) is 0.184. The van der Waals surface area contributed by atoms with Gasteiger partial charge in [0.15, 0.2) is 8.32 Å². The second-order valence-electron chi connectivity index (χ2n) is 9.86. The van der Waals surface area contributed by atoms with Gasteiger partial charge in [-0.15, -0.1) is 0 Å². The predicted octanol–water partition coefficient (Wildman–Crippen LogP) is 4.73. The summed E-state index contributed by atoms with van der Waals surface area (Å²) in [6.45, 7) is 11.5. The standard InChI is InChI=1S/C22H30F2INO6SSi/c1-13(32-34(5,6)22(2,3)4)20-16(26(21(20)29)12-19(27)28)8-10-18(25)33(30,31)17-9-7-14(23)11-15(17)24/h7,9-11,13,16,20H,8,12H2,1-6H3,(H,27,28). The largest absolute Gasteiger partial charge is 0.480 e. The summed E-state index contributed by atoms with van der Waals surface area (Å²) in [6, 6.07) is 1.61. The summed E-state index contributed by atoms with van der Waals surface area (Å²) in [6.07, 6.45) is 0.868. The number of aliphatic carboxylic acids is 1. The molecule has 12 heteroatoms. The van der Waals surface area contributed by atoms with E-state index in [4.69, 9.17) is 4.43 Å². The van der Waals surface area contributed by atoms with Crippen LogP contribution in [-0.2, 0) is 23.9 Å². The Morgan fingerprint density at radius 3 is 2.41 bits per heavy atom. The van der Waals surface area contributed by atoms with Crippen LogP contribution in [0.25, 0.3) is 0 Å². The lowest BCUT2D eigenvalue weighted by Crippen LogP contribution is -2.66. The van der Waals surface area contributed by atoms with E-state index in [1.807, 2.05) is 13.1 Å². The molecular formula is C22H30F2INO6SSi. The third-order valence-corrected chi connectivity index (χ3v) is 14.8. The fourth-order valence-electron chi connectivity index (χ4n) is 3.60. The van der Waals surface area contributed by atoms with Gasteiger partial charge < -0.3 is 14.4 Å². The lowest BCUT2D eigenvalue weighted by atomic mass is 9.81. The number of carboxylic acids is 1. The summed E-state index contributed by atoms with van der Waals surface area (Å²) >= 11 is 1.55. The number of amides is 1. The first-order valence-electron chi connectivity index (χ1n) is 10.7. The van der Waals surface area contributed by atoms with E-state index in [9.17, 15) is 31.9 Å². The number of halogens is 3. The van der Waals surface area contributed by atoms with Gasteiger partial charge in [0.05, 0.1) is 12.0 Å². The summed E-state index contributed by atoms with van der Waals surface area (Å²) < 4.78 is 59.0. The van der Waals surface area contributed by atoms with E-state index in [0.717, 1.165) is 12.1 Å². The number of β-lactam (4-membered cyclic amide) rings is 1. The zero-order valence-electron chi connectivity index (χ0n) is 19.9. The van der Waals surface area contributed by atoms with Crippen LogP contribution in [0.3, 0.4) is 0 Å². The van der Waals surface area contributed by atoms with E-state index in [1.165, 1.54) is 11.0 Å². The van der Waals surface area contributed by atoms with Gasteiger partial charge in [0, 0.05) is 12.1 Å². The maximum atomic E-state index is 14.1. The van der Waals surface area contributed by atoms with Crippen LogP contribution < -0.4 is 0 Å². The van der Waals surface area contributed by atoms with E-state index in [2.05, 4.69) is 20.8 Å². The SMILES string of the molecule is CC(O[Si](C)(C)C(C)(C)C)C1C(=O)N(CC(=O)O)C1CC=C(I)S(=O)(=O)c1ccc(F)cc1F. The molecule has 0 radical (unpaired) electrons. The third kappa shape index (κ3) is 6.05. The molecule has 1 saturated heterocycles. The van der Waals surface area contributed by atoms with Gasteiger partial charge in [-0.05, 0) is 66.2 Å². The van der Waals surface area contributed by atoms with Crippen LogP contribution in [0.2, 0.25) is 18.1 Å². The van der Waals surface area contributed by atoms with Crippen LogP contribution in [0.5, 0.6) is 0 Å². The summed E-state index contributed by atoms with van der Waals surface area (Å²) in [4.78, 5) is 24.6. The second-order valence-corrected chi connectivity index (χ2v) is 18.4. The Hall–Kier alpha value is -1.38. The van der Waals surface area contributed by atoms with Crippen molar-refractivity contribution in [3.63, 3.8) is 0 Å². The van der Waals surface area contributed by atoms with Gasteiger partial charge in [0.2, 0.25) is 15.7 Å². The van der Waals surface area contributed by atoms with Crippen LogP contribution in [0, 0.1) is 17.6 Å². The second kappa shape index (κ2) is 10.3. The molecule has 0 saturated carbocycles. The minimum atomic E-state index is -4.24. The summed E-state index contributed by atoms with van der Waals surface area (Å²) in [5.41, 5.74) is 0. The number of carbonyl (C=O) groups is 2. The molecule has 1 N–H and O–H groups in total. The number of benzene rings is 1. The zero-order valence-corrected chi connectivity index (χ0v) is 23.9. The van der Waals surface area contributed by atoms with E-state index in [1.54, 1.807) is 29.5 Å². The Labute approximate surface area is 213 Å². The van der Waals surface area contributed by atoms with Crippen molar-refractivity contribution in [2.45, 2.75) is 69.3 Å². The Balaban J connectivity index is 2.31. The number of carboxylic acid groups (broad SMARTS) is 1. The molecule has 1 aromatic rings. The highest BCUT2D eigenvalue weighted by Gasteiger charge is 2.52. The Morgan fingerprint density at radius 2 is 1.91 bits per heavy atom. The predicted molar refractivity (Wildman–Crippen MR) is 135 cm³/mol. The van der Waals surface area contributed by atoms with Crippen molar-refractivity contribution in [3.8, 4) is 0 Å². The summed E-state index contributed by atoms with van der Waals surface area (Å²) in [5.74, 6) is -4.29. The maximum absolute atomic E-state index is 14.1. The van der Waals surface area contributed by atoms with Crippen LogP contribution in [0.15, 0.2) is 32.1 Å². The van der Waals surface area contributed by atoms with Crippen LogP contribution in [0.1, 0.15) is 34.1 Å². The van der Waals surface area contributed by atoms with E-state index < -0.39 is 65.3 Å². The number of nitrogens with zero attached hydrogens (tertiary/aromatic N) is 1. The number of sulfone groups is 1. The van der Waals surface area contributed by atoms with E-state index in [0.29, 0.717) is 6.07 Å². The van der Waals surface area contributed by atoms with Gasteiger partial charge in [-0.3, -0.25) is 9.59 Å². The van der Waals surface area contributed by atoms with Gasteiger partial charge in [0.25, 0.3) is 0 Å². The molecule has 1 amide bonds. The molecule has 1 aromatic carbocycles. The first kappa shape index (κ1) is 28.9. The average molecular weight is 630 g/mol. The lowest BCUT2D eigenvalue weighted by Gasteiger charge is -2.50. The van der Waals surface area contributed by atoms with Crippen molar-refractivity contribution in [2.75, 3.05) is 6.54 Å². The minimum absolute atomic E-state index is 0.0369. The summed E-state index contributed by atoms with van der Waals surface area (Å²) in [5, 5.41) is 9.10. The Morgan fingerprint density at radius 1 is 1.32 bits per heavy atom. The molecular weight excluding hydrogens is 599 g/mol. The van der Waals surface area contributed by atoms with Crippen LogP contribution in [-0.4, -0.2) is 57.3 Å². The molecule has 7 nitrogen and oxygen atoms in total. The first-order chi connectivity index (χ1) is 15.4. The monoisotopic (exact) mass is 629 g/mol. The Kier molecular flexibility index (Phi) is 8.75. The molecule has 0 bridgehead atoms. The van der Waals surface area contributed by atoms with E-state index >= 15 is 0 Å². The van der Waals surface area contributed by atoms with Gasteiger partial charge in [-0.1, -0.05) is 26.8 Å². The highest BCUT2D eigenvalue weighted by molar-refractivity contribution is 14.1. The molecule has 1 aliphatic heterocycles. The number of hydrogen-bond donors (Lipinski definition) is 1. The van der Waals surface area contributed by atoms with Crippen molar-refractivity contribution in [1.29, 1.82) is 0 Å². The average Bonchev–Trinajstić information content (AvgIpc) is 2.66. The van der Waals surface area contributed by atoms with Crippen molar-refractivity contribution >= 4 is 52.6 Å².